The van der Waals surface area contributed by atoms with Crippen LogP contribution in [0.3, 0.4) is 0 Å². The maximum Gasteiger partial charge on any atom is 0.335 e. The molecule has 0 radical (unpaired) electrons. The molecule has 1 heterocycles. The van der Waals surface area contributed by atoms with E-state index in [1.807, 2.05) is 0 Å². The van der Waals surface area contributed by atoms with Gasteiger partial charge in [-0.3, -0.25) is 0 Å². The summed E-state index contributed by atoms with van der Waals surface area (Å²) in [5.41, 5.74) is 1.65. The fourth-order valence-corrected chi connectivity index (χ4v) is 3.55. The molecule has 0 aliphatic carbocycles. The van der Waals surface area contributed by atoms with E-state index in [-0.39, 0.29) is 5.56 Å². The van der Waals surface area contributed by atoms with Crippen molar-refractivity contribution in [2.75, 3.05) is 13.1 Å². The number of aryl methyl sites for hydroxylation is 1. The fourth-order valence-electron chi connectivity index (χ4n) is 3.55. The van der Waals surface area contributed by atoms with Gasteiger partial charge >= 0.3 is 5.97 Å². The Labute approximate surface area is 182 Å². The molecule has 6 nitrogen and oxygen atoms in total. The van der Waals surface area contributed by atoms with Crippen molar-refractivity contribution >= 4 is 17.0 Å². The number of benzene rings is 1. The van der Waals surface area contributed by atoms with E-state index in [9.17, 15) is 4.79 Å². The molecule has 170 valence electrons. The monoisotopic (exact) mass is 418 g/mol. The van der Waals surface area contributed by atoms with Crippen LogP contribution in [0.1, 0.15) is 89.4 Å². The highest BCUT2D eigenvalue weighted by atomic mass is 16.4. The number of hydrogen-bond acceptors (Lipinski definition) is 4. The van der Waals surface area contributed by atoms with E-state index >= 15 is 0 Å². The average Bonchev–Trinajstić information content (AvgIpc) is 3.13. The van der Waals surface area contributed by atoms with Crippen LogP contribution in [0.15, 0.2) is 18.2 Å². The van der Waals surface area contributed by atoms with Crippen LogP contribution in [-0.4, -0.2) is 39.2 Å². The van der Waals surface area contributed by atoms with Crippen molar-refractivity contribution in [2.45, 2.75) is 79.1 Å². The van der Waals surface area contributed by atoms with E-state index in [2.05, 4.69) is 43.3 Å². The van der Waals surface area contributed by atoms with E-state index < -0.39 is 5.97 Å². The predicted molar refractivity (Wildman–Crippen MR) is 125 cm³/mol. The summed E-state index contributed by atoms with van der Waals surface area (Å²) in [6, 6.07) is 4.73. The number of carbonyl (C=O) groups is 1. The number of aromatic carboxylic acids is 1. The van der Waals surface area contributed by atoms with E-state index in [1.54, 1.807) is 17.8 Å². The smallest absolute Gasteiger partial charge is 0.335 e. The summed E-state index contributed by atoms with van der Waals surface area (Å²) in [5, 5.41) is 20.0. The maximum absolute atomic E-state index is 10.6. The first kappa shape index (κ1) is 26.1. The Morgan fingerprint density at radius 1 is 1.03 bits per heavy atom. The first-order valence-electron chi connectivity index (χ1n) is 11.7. The summed E-state index contributed by atoms with van der Waals surface area (Å²) in [7, 11) is 1.76. The molecule has 0 fully saturated rings. The van der Waals surface area contributed by atoms with E-state index in [0.717, 1.165) is 17.4 Å². The number of carboxylic acids is 1. The second kappa shape index (κ2) is 14.9. The van der Waals surface area contributed by atoms with Crippen molar-refractivity contribution < 1.29 is 9.90 Å². The van der Waals surface area contributed by atoms with Gasteiger partial charge in [0.2, 0.25) is 0 Å². The largest absolute Gasteiger partial charge is 0.478 e. The highest BCUT2D eigenvalue weighted by Gasteiger charge is 2.09. The minimum atomic E-state index is -0.951. The summed E-state index contributed by atoms with van der Waals surface area (Å²) >= 11 is 0. The Bertz CT molecular complexity index is 713. The average molecular weight is 419 g/mol. The molecule has 1 aromatic heterocycles. The summed E-state index contributed by atoms with van der Waals surface area (Å²) in [6.45, 7) is 11.7. The third-order valence-electron chi connectivity index (χ3n) is 5.81. The Kier molecular flexibility index (Phi) is 13.0. The highest BCUT2D eigenvalue weighted by Crippen LogP contribution is 2.14. The lowest BCUT2D eigenvalue weighted by molar-refractivity contribution is 0.0697. The molecule has 2 rings (SSSR count). The normalized spacial score (nSPS) is 13.0. The third-order valence-corrected chi connectivity index (χ3v) is 5.81. The van der Waals surface area contributed by atoms with Crippen LogP contribution in [0.5, 0.6) is 0 Å². The zero-order valence-electron chi connectivity index (χ0n) is 19.7. The zero-order chi connectivity index (χ0) is 22.4. The summed E-state index contributed by atoms with van der Waals surface area (Å²) in [4.78, 5) is 10.6. The molecule has 0 amide bonds. The highest BCUT2D eigenvalue weighted by molar-refractivity contribution is 5.92. The number of rotatable bonds is 13. The first-order valence-corrected chi connectivity index (χ1v) is 11.7. The van der Waals surface area contributed by atoms with Crippen molar-refractivity contribution in [3.8, 4) is 0 Å². The van der Waals surface area contributed by atoms with E-state index in [1.165, 1.54) is 76.6 Å². The van der Waals surface area contributed by atoms with Gasteiger partial charge in [-0.25, -0.2) is 9.48 Å². The van der Waals surface area contributed by atoms with Gasteiger partial charge in [-0.15, -0.1) is 5.10 Å². The van der Waals surface area contributed by atoms with Crippen LogP contribution in [0.4, 0.5) is 0 Å². The van der Waals surface area contributed by atoms with Crippen molar-refractivity contribution in [3.05, 3.63) is 23.8 Å². The van der Waals surface area contributed by atoms with Crippen molar-refractivity contribution in [1.82, 2.24) is 20.3 Å². The predicted octanol–water partition coefficient (Wildman–Crippen LogP) is 5.68. The summed E-state index contributed by atoms with van der Waals surface area (Å²) < 4.78 is 1.60. The Hall–Kier alpha value is -1.95. The lowest BCUT2D eigenvalue weighted by Gasteiger charge is -2.19. The lowest BCUT2D eigenvalue weighted by Crippen LogP contribution is -2.28. The molecule has 6 heteroatoms. The van der Waals surface area contributed by atoms with Crippen LogP contribution in [0.25, 0.3) is 11.0 Å². The standard InChI is InChI=1S/C16H35N.C8H7N3O2/c1-5-9-11-15(7-3)13-17-14-16(8-4)12-10-6-2;1-11-7-3-2-5(8(12)13)4-6(7)9-10-11/h15-17H,5-14H2,1-4H3;2-4H,1H3,(H,12,13). The van der Waals surface area contributed by atoms with Gasteiger partial charge in [0.15, 0.2) is 0 Å². The molecule has 2 N–H and O–H groups in total. The van der Waals surface area contributed by atoms with E-state index in [0.29, 0.717) is 5.52 Å². The van der Waals surface area contributed by atoms with Gasteiger partial charge < -0.3 is 10.4 Å². The van der Waals surface area contributed by atoms with Crippen LogP contribution in [0.2, 0.25) is 0 Å². The van der Waals surface area contributed by atoms with Crippen molar-refractivity contribution in [3.63, 3.8) is 0 Å². The molecule has 2 atom stereocenters. The minimum absolute atomic E-state index is 0.230. The van der Waals surface area contributed by atoms with Gasteiger partial charge in [-0.05, 0) is 56.0 Å². The second-order valence-electron chi connectivity index (χ2n) is 8.21. The molecule has 0 bridgehead atoms. The van der Waals surface area contributed by atoms with Gasteiger partial charge in [0.1, 0.15) is 5.52 Å². The Balaban J connectivity index is 0.000000308. The number of hydrogen-bond donors (Lipinski definition) is 2. The minimum Gasteiger partial charge on any atom is -0.478 e. The number of fused-ring (bicyclic) bond motifs is 1. The summed E-state index contributed by atoms with van der Waals surface area (Å²) in [5.74, 6) is 0.852. The van der Waals surface area contributed by atoms with Gasteiger partial charge in [0.25, 0.3) is 0 Å². The van der Waals surface area contributed by atoms with Crippen LogP contribution < -0.4 is 5.32 Å². The number of nitrogens with zero attached hydrogens (tertiary/aromatic N) is 3. The molecule has 0 aliphatic heterocycles. The zero-order valence-corrected chi connectivity index (χ0v) is 19.7. The molecule has 0 aliphatic rings. The van der Waals surface area contributed by atoms with Gasteiger partial charge in [-0.2, -0.15) is 0 Å². The van der Waals surface area contributed by atoms with Crippen LogP contribution in [-0.2, 0) is 7.05 Å². The number of carboxylic acid groups (broad SMARTS) is 1. The molecular weight excluding hydrogens is 376 g/mol. The topological polar surface area (TPSA) is 80.0 Å². The van der Waals surface area contributed by atoms with Gasteiger partial charge in [0, 0.05) is 7.05 Å². The van der Waals surface area contributed by atoms with Crippen LogP contribution in [0, 0.1) is 11.8 Å². The number of nitrogens with one attached hydrogen (secondary N) is 1. The molecule has 1 aromatic carbocycles. The number of aromatic nitrogens is 3. The second-order valence-corrected chi connectivity index (χ2v) is 8.21. The molecular formula is C24H42N4O2. The summed E-state index contributed by atoms with van der Waals surface area (Å²) in [6.07, 6.45) is 10.9. The Morgan fingerprint density at radius 2 is 1.60 bits per heavy atom. The molecule has 2 unspecified atom stereocenters. The quantitative estimate of drug-likeness (QED) is 0.438. The molecule has 0 saturated heterocycles. The molecule has 0 spiro atoms. The number of unbranched alkanes of at least 4 members (excludes halogenated alkanes) is 2. The van der Waals surface area contributed by atoms with Crippen LogP contribution >= 0.6 is 0 Å². The van der Waals surface area contributed by atoms with E-state index in [4.69, 9.17) is 5.11 Å². The molecule has 0 saturated carbocycles. The third kappa shape index (κ3) is 9.24. The van der Waals surface area contributed by atoms with Gasteiger partial charge in [-0.1, -0.05) is 71.4 Å². The fraction of sp³-hybridized carbons (Fsp3) is 0.708. The molecule has 30 heavy (non-hydrogen) atoms. The molecule has 2 aromatic rings. The maximum atomic E-state index is 10.6. The Morgan fingerprint density at radius 3 is 2.07 bits per heavy atom. The SMILES string of the molecule is CCCCC(CC)CNCC(CC)CCCC.Cn1nnc2cc(C(=O)O)ccc21. The lowest BCUT2D eigenvalue weighted by atomic mass is 9.97. The van der Waals surface area contributed by atoms with Crippen molar-refractivity contribution in [1.29, 1.82) is 0 Å². The van der Waals surface area contributed by atoms with Gasteiger partial charge in [0.05, 0.1) is 11.1 Å². The first-order chi connectivity index (χ1) is 14.5. The van der Waals surface area contributed by atoms with Crippen molar-refractivity contribution in [2.24, 2.45) is 18.9 Å².